The van der Waals surface area contributed by atoms with Crippen molar-refractivity contribution < 1.29 is 38.9 Å². The highest BCUT2D eigenvalue weighted by atomic mass is 19.1. The summed E-state index contributed by atoms with van der Waals surface area (Å²) in [4.78, 5) is 49.5. The van der Waals surface area contributed by atoms with Gasteiger partial charge in [0.2, 0.25) is 5.91 Å². The first-order valence-corrected chi connectivity index (χ1v) is 15.3. The van der Waals surface area contributed by atoms with Crippen molar-refractivity contribution >= 4 is 29.2 Å². The van der Waals surface area contributed by atoms with Crippen molar-refractivity contribution in [3.63, 3.8) is 0 Å². The monoisotopic (exact) mass is 599 g/mol. The molecule has 0 aromatic carbocycles. The Kier molecular flexibility index (Phi) is 8.15. The van der Waals surface area contributed by atoms with Crippen LogP contribution >= 0.6 is 0 Å². The van der Waals surface area contributed by atoms with Crippen LogP contribution in [0.15, 0.2) is 41.1 Å². The van der Waals surface area contributed by atoms with Crippen molar-refractivity contribution in [2.24, 2.45) is 33.7 Å². The van der Waals surface area contributed by atoms with Crippen LogP contribution in [-0.2, 0) is 19.2 Å². The smallest absolute Gasteiger partial charge is 0.253 e. The molecule has 0 unspecified atom stereocenters. The van der Waals surface area contributed by atoms with Crippen LogP contribution in [0.3, 0.4) is 0 Å². The number of aliphatic hydroxyl groups excluding tert-OH is 2. The second kappa shape index (κ2) is 11.2. The zero-order valence-corrected chi connectivity index (χ0v) is 25.0. The van der Waals surface area contributed by atoms with Crippen LogP contribution < -0.4 is 5.43 Å². The average molecular weight is 600 g/mol. The van der Waals surface area contributed by atoms with Crippen LogP contribution in [0.5, 0.6) is 0 Å². The quantitative estimate of drug-likeness (QED) is 0.180. The summed E-state index contributed by atoms with van der Waals surface area (Å²) in [6, 6.07) is 0. The summed E-state index contributed by atoms with van der Waals surface area (Å²) in [5, 5.41) is 36.9. The van der Waals surface area contributed by atoms with E-state index >= 15 is 4.39 Å². The van der Waals surface area contributed by atoms with Crippen LogP contribution in [0.2, 0.25) is 0 Å². The van der Waals surface area contributed by atoms with Gasteiger partial charge in [0.05, 0.1) is 11.8 Å². The number of hydrogen-bond donors (Lipinski definition) is 4. The van der Waals surface area contributed by atoms with Gasteiger partial charge < -0.3 is 15.3 Å². The van der Waals surface area contributed by atoms with Gasteiger partial charge in [-0.25, -0.2) is 9.82 Å². The predicted octanol–water partition coefficient (Wildman–Crippen LogP) is 2.28. The van der Waals surface area contributed by atoms with Crippen LogP contribution in [0.4, 0.5) is 4.39 Å². The number of unbranched alkanes of at least 4 members (excludes halogenated alkanes) is 2. The highest BCUT2D eigenvalue weighted by molar-refractivity contribution is 6.12. The maximum absolute atomic E-state index is 17.5. The predicted molar refractivity (Wildman–Crippen MR) is 155 cm³/mol. The number of nitrogens with one attached hydrogen (secondary N) is 1. The Hall–Kier alpha value is -3.02. The Bertz CT molecular complexity index is 1320. The highest BCUT2D eigenvalue weighted by Crippen LogP contribution is 2.70. The summed E-state index contributed by atoms with van der Waals surface area (Å²) in [7, 11) is 0. The number of carbonyl (C=O) groups excluding carboxylic acids is 4. The molecule has 43 heavy (non-hydrogen) atoms. The van der Waals surface area contributed by atoms with E-state index in [4.69, 9.17) is 0 Å². The standard InChI is InChI=1S/C32H42FN3O7/c1-19-15-23-22-9-8-20-16-21(34-35-26(40)7-5-4-6-14-36-27(41)10-11-28(36)42)12-13-29(20,2)31(22,33)24(38)17-30(23,3)32(19,43)25(39)18-37/h10-13,16,19,22-24,37-38,43H,4-9,14-15,17-18H2,1-3H3,(H,35,40)/t19-,22+,23+,24+,29+,30+,31+,32+/m1/s1. The Labute approximate surface area is 250 Å². The van der Waals surface area contributed by atoms with Crippen molar-refractivity contribution in [3.8, 4) is 0 Å². The third kappa shape index (κ3) is 4.66. The lowest BCUT2D eigenvalue weighted by Crippen LogP contribution is -2.69. The number of amides is 3. The molecule has 0 saturated heterocycles. The maximum Gasteiger partial charge on any atom is 0.253 e. The van der Waals surface area contributed by atoms with Gasteiger partial charge >= 0.3 is 0 Å². The summed E-state index contributed by atoms with van der Waals surface area (Å²) >= 11 is 0. The number of hydrazone groups is 1. The van der Waals surface area contributed by atoms with Crippen LogP contribution in [-0.4, -0.2) is 80.0 Å². The largest absolute Gasteiger partial charge is 0.390 e. The fourth-order valence-corrected chi connectivity index (χ4v) is 8.91. The number of Topliss-reactive ketones (excluding diaryl/α,β-unsaturated/α-hetero) is 1. The first-order chi connectivity index (χ1) is 20.2. The third-order valence-electron chi connectivity index (χ3n) is 11.3. The molecule has 0 spiro atoms. The average Bonchev–Trinajstić information content (AvgIpc) is 3.39. The van der Waals surface area contributed by atoms with Gasteiger partial charge in [-0.1, -0.05) is 31.9 Å². The van der Waals surface area contributed by atoms with E-state index in [1.807, 2.05) is 0 Å². The van der Waals surface area contributed by atoms with Crippen LogP contribution in [0, 0.1) is 28.6 Å². The first kappa shape index (κ1) is 31.4. The number of carbonyl (C=O) groups is 4. The topological polar surface area (TPSA) is 157 Å². The summed E-state index contributed by atoms with van der Waals surface area (Å²) in [6.45, 7) is 4.79. The molecule has 11 heteroatoms. The minimum atomic E-state index is -2.04. The summed E-state index contributed by atoms with van der Waals surface area (Å²) < 4.78 is 17.5. The number of rotatable bonds is 9. The van der Waals surface area contributed by atoms with Crippen molar-refractivity contribution in [3.05, 3.63) is 36.0 Å². The minimum Gasteiger partial charge on any atom is -0.390 e. The molecule has 0 radical (unpaired) electrons. The maximum atomic E-state index is 17.5. The number of aliphatic hydroxyl groups is 3. The third-order valence-corrected chi connectivity index (χ3v) is 11.3. The number of imide groups is 1. The summed E-state index contributed by atoms with van der Waals surface area (Å²) in [5.41, 5.74) is -2.31. The van der Waals surface area contributed by atoms with E-state index in [2.05, 4.69) is 10.5 Å². The molecule has 5 aliphatic rings. The van der Waals surface area contributed by atoms with Crippen molar-refractivity contribution in [1.29, 1.82) is 0 Å². The highest BCUT2D eigenvalue weighted by Gasteiger charge is 2.75. The van der Waals surface area contributed by atoms with E-state index in [0.29, 0.717) is 50.8 Å². The number of fused-ring (bicyclic) bond motifs is 5. The Balaban J connectivity index is 1.23. The molecule has 234 valence electrons. The summed E-state index contributed by atoms with van der Waals surface area (Å²) in [5.74, 6) is -3.04. The molecule has 10 nitrogen and oxygen atoms in total. The lowest BCUT2D eigenvalue weighted by Gasteiger charge is -2.62. The summed E-state index contributed by atoms with van der Waals surface area (Å²) in [6.07, 6.45) is 9.49. The SMILES string of the molecule is C[C@@H]1C[C@H]2[C@@H]3CCC4=CC(=NNC(=O)CCCCCN5C(=O)C=CC5=O)C=C[C@]4(C)[C@@]3(F)[C@@H](O)C[C@]2(C)[C@@]1(O)C(=O)CO. The molecule has 1 aliphatic heterocycles. The molecule has 4 aliphatic carbocycles. The number of hydrogen-bond acceptors (Lipinski definition) is 8. The lowest BCUT2D eigenvalue weighted by atomic mass is 9.44. The van der Waals surface area contributed by atoms with Gasteiger partial charge in [0, 0.05) is 41.9 Å². The molecule has 3 amide bonds. The van der Waals surface area contributed by atoms with Crippen molar-refractivity contribution in [1.82, 2.24) is 10.3 Å². The van der Waals surface area contributed by atoms with Crippen molar-refractivity contribution in [2.75, 3.05) is 13.2 Å². The molecule has 3 fully saturated rings. The molecule has 4 N–H and O–H groups in total. The van der Waals surface area contributed by atoms with E-state index in [0.717, 1.165) is 5.57 Å². The Morgan fingerprint density at radius 1 is 1.12 bits per heavy atom. The van der Waals surface area contributed by atoms with E-state index in [1.54, 1.807) is 39.0 Å². The van der Waals surface area contributed by atoms with Gasteiger partial charge in [-0.15, -0.1) is 0 Å². The fraction of sp³-hybridized carbons (Fsp3) is 0.656. The Morgan fingerprint density at radius 2 is 1.81 bits per heavy atom. The van der Waals surface area contributed by atoms with E-state index in [-0.39, 0.29) is 36.5 Å². The van der Waals surface area contributed by atoms with Crippen LogP contribution in [0.1, 0.15) is 72.1 Å². The molecule has 1 heterocycles. The zero-order valence-electron chi connectivity index (χ0n) is 25.0. The fourth-order valence-electron chi connectivity index (χ4n) is 8.91. The molecular weight excluding hydrogens is 557 g/mol. The zero-order chi connectivity index (χ0) is 31.4. The Morgan fingerprint density at radius 3 is 2.49 bits per heavy atom. The van der Waals surface area contributed by atoms with E-state index in [9.17, 15) is 34.5 Å². The number of halogens is 1. The van der Waals surface area contributed by atoms with Gasteiger partial charge in [0.1, 0.15) is 12.2 Å². The molecule has 0 aromatic rings. The van der Waals surface area contributed by atoms with Gasteiger partial charge in [0.25, 0.3) is 11.8 Å². The number of nitrogens with zero attached hydrogens (tertiary/aromatic N) is 2. The normalized spacial score (nSPS) is 40.8. The van der Waals surface area contributed by atoms with Crippen molar-refractivity contribution in [2.45, 2.75) is 89.5 Å². The van der Waals surface area contributed by atoms with Gasteiger partial charge in [0.15, 0.2) is 11.5 Å². The first-order valence-electron chi connectivity index (χ1n) is 15.3. The van der Waals surface area contributed by atoms with Gasteiger partial charge in [-0.2, -0.15) is 5.10 Å². The molecule has 0 aromatic heterocycles. The number of allylic oxidation sites excluding steroid dienone is 4. The number of alkyl halides is 1. The minimum absolute atomic E-state index is 0.105. The van der Waals surface area contributed by atoms with E-state index < -0.39 is 52.4 Å². The molecule has 8 atom stereocenters. The van der Waals surface area contributed by atoms with E-state index in [1.165, 1.54) is 17.1 Å². The van der Waals surface area contributed by atoms with Crippen LogP contribution in [0.25, 0.3) is 0 Å². The number of ketones is 1. The molecular formula is C32H42FN3O7. The van der Waals surface area contributed by atoms with Gasteiger partial charge in [-0.05, 0) is 69.4 Å². The molecule has 3 saturated carbocycles. The van der Waals surface area contributed by atoms with Gasteiger partial charge in [-0.3, -0.25) is 24.1 Å². The lowest BCUT2D eigenvalue weighted by molar-refractivity contribution is -0.219. The molecule has 5 rings (SSSR count). The molecule has 0 bridgehead atoms. The second-order valence-corrected chi connectivity index (χ2v) is 13.4. The second-order valence-electron chi connectivity index (χ2n) is 13.4.